The van der Waals surface area contributed by atoms with E-state index in [0.29, 0.717) is 5.82 Å². The van der Waals surface area contributed by atoms with E-state index < -0.39 is 0 Å². The first-order valence-electron chi connectivity index (χ1n) is 19.9. The molecule has 0 spiro atoms. The molecule has 8 aromatic carbocycles. The first-order chi connectivity index (χ1) is 28.5. The normalized spacial score (nSPS) is 12.8. The van der Waals surface area contributed by atoms with E-state index in [4.69, 9.17) is 14.4 Å². The van der Waals surface area contributed by atoms with Crippen molar-refractivity contribution in [2.75, 3.05) is 0 Å². The summed E-state index contributed by atoms with van der Waals surface area (Å²) < 4.78 is 6.24. The number of rotatable bonds is 6. The van der Waals surface area contributed by atoms with Crippen molar-refractivity contribution in [3.05, 3.63) is 205 Å². The molecule has 10 aromatic rings. The molecule has 2 heterocycles. The molecule has 0 aliphatic heterocycles. The minimum absolute atomic E-state index is 0.126. The summed E-state index contributed by atoms with van der Waals surface area (Å²) in [4.78, 5) is 10.6. The third kappa shape index (κ3) is 5.74. The number of nitrogens with zero attached hydrogens (tertiary/aromatic N) is 2. The molecule has 0 N–H and O–H groups in total. The predicted molar refractivity (Wildman–Crippen MR) is 239 cm³/mol. The Hall–Kier alpha value is -7.36. The van der Waals surface area contributed by atoms with Crippen LogP contribution < -0.4 is 0 Å². The Bertz CT molecular complexity index is 3190. The van der Waals surface area contributed by atoms with Crippen LogP contribution in [0.4, 0.5) is 0 Å². The van der Waals surface area contributed by atoms with Gasteiger partial charge in [-0.25, -0.2) is 9.97 Å². The van der Waals surface area contributed by atoms with Gasteiger partial charge in [0.25, 0.3) is 0 Å². The second-order valence-corrected chi connectivity index (χ2v) is 15.8. The standard InChI is InChI=1S/C55H38N2O/c1-55(2)48-22-11-9-20-44(48)45-26-24-40(33-49(45)55)50-34-51(57-54(56-50)36-16-7-4-8-17-36)43-30-41(38-19-13-18-37(28-38)35-14-5-3-6-15-35)29-42(31-43)39-25-27-53-47(32-39)46-21-10-12-23-52(46)58-53/h3-34H,1-2H3. The number of aromatic nitrogens is 2. The van der Waals surface area contributed by atoms with E-state index in [9.17, 15) is 0 Å². The molecule has 274 valence electrons. The summed E-state index contributed by atoms with van der Waals surface area (Å²) in [5.41, 5.74) is 18.6. The fraction of sp³-hybridized carbons (Fsp3) is 0.0545. The predicted octanol–water partition coefficient (Wildman–Crippen LogP) is 14.7. The van der Waals surface area contributed by atoms with Crippen molar-refractivity contribution in [3.8, 4) is 78.4 Å². The lowest BCUT2D eigenvalue weighted by atomic mass is 9.82. The fourth-order valence-corrected chi connectivity index (χ4v) is 8.85. The quantitative estimate of drug-likeness (QED) is 0.170. The van der Waals surface area contributed by atoms with Crippen LogP contribution >= 0.6 is 0 Å². The molecule has 0 saturated carbocycles. The highest BCUT2D eigenvalue weighted by atomic mass is 16.3. The Kier molecular flexibility index (Phi) is 7.84. The van der Waals surface area contributed by atoms with Crippen molar-refractivity contribution in [1.82, 2.24) is 9.97 Å². The van der Waals surface area contributed by atoms with Gasteiger partial charge in [-0.05, 0) is 110 Å². The van der Waals surface area contributed by atoms with Gasteiger partial charge >= 0.3 is 0 Å². The van der Waals surface area contributed by atoms with Crippen LogP contribution in [0.15, 0.2) is 199 Å². The monoisotopic (exact) mass is 742 g/mol. The van der Waals surface area contributed by atoms with E-state index in [1.807, 2.05) is 30.3 Å². The summed E-state index contributed by atoms with van der Waals surface area (Å²) in [6.07, 6.45) is 0. The van der Waals surface area contributed by atoms with Crippen LogP contribution in [0.3, 0.4) is 0 Å². The minimum atomic E-state index is -0.126. The molecule has 1 aliphatic rings. The van der Waals surface area contributed by atoms with Gasteiger partial charge in [-0.2, -0.15) is 0 Å². The molecule has 3 nitrogen and oxygen atoms in total. The number of hydrogen-bond acceptors (Lipinski definition) is 3. The van der Waals surface area contributed by atoms with Crippen molar-refractivity contribution < 1.29 is 4.42 Å². The fourth-order valence-electron chi connectivity index (χ4n) is 8.85. The van der Waals surface area contributed by atoms with E-state index in [1.54, 1.807) is 0 Å². The molecule has 1 aliphatic carbocycles. The van der Waals surface area contributed by atoms with Gasteiger partial charge in [0, 0.05) is 32.9 Å². The number of fused-ring (bicyclic) bond motifs is 6. The summed E-state index contributed by atoms with van der Waals surface area (Å²) in [5, 5.41) is 2.21. The number of hydrogen-bond donors (Lipinski definition) is 0. The summed E-state index contributed by atoms with van der Waals surface area (Å²) in [7, 11) is 0. The zero-order valence-electron chi connectivity index (χ0n) is 32.3. The Morgan fingerprint density at radius 1 is 0.345 bits per heavy atom. The minimum Gasteiger partial charge on any atom is -0.456 e. The largest absolute Gasteiger partial charge is 0.456 e. The van der Waals surface area contributed by atoms with Gasteiger partial charge in [-0.3, -0.25) is 0 Å². The van der Waals surface area contributed by atoms with Gasteiger partial charge in [0.15, 0.2) is 5.82 Å². The van der Waals surface area contributed by atoms with Crippen LogP contribution in [0.25, 0.3) is 100 Å². The van der Waals surface area contributed by atoms with E-state index >= 15 is 0 Å². The molecule has 2 aromatic heterocycles. The van der Waals surface area contributed by atoms with Gasteiger partial charge in [0.2, 0.25) is 0 Å². The van der Waals surface area contributed by atoms with Crippen molar-refractivity contribution >= 4 is 21.9 Å². The molecule has 0 unspecified atom stereocenters. The Morgan fingerprint density at radius 3 is 1.69 bits per heavy atom. The maximum Gasteiger partial charge on any atom is 0.160 e. The van der Waals surface area contributed by atoms with Gasteiger partial charge in [-0.1, -0.05) is 153 Å². The lowest BCUT2D eigenvalue weighted by molar-refractivity contribution is 0.660. The van der Waals surface area contributed by atoms with E-state index in [1.165, 1.54) is 33.4 Å². The zero-order chi connectivity index (χ0) is 38.8. The summed E-state index contributed by atoms with van der Waals surface area (Å²) in [6, 6.07) is 69.1. The second-order valence-electron chi connectivity index (χ2n) is 15.8. The molecule has 0 fully saturated rings. The zero-order valence-corrected chi connectivity index (χ0v) is 32.3. The highest BCUT2D eigenvalue weighted by Crippen LogP contribution is 2.49. The van der Waals surface area contributed by atoms with E-state index in [2.05, 4.69) is 178 Å². The highest BCUT2D eigenvalue weighted by Gasteiger charge is 2.35. The lowest BCUT2D eigenvalue weighted by Crippen LogP contribution is -2.14. The summed E-state index contributed by atoms with van der Waals surface area (Å²) in [6.45, 7) is 4.65. The smallest absolute Gasteiger partial charge is 0.160 e. The van der Waals surface area contributed by atoms with Gasteiger partial charge < -0.3 is 4.42 Å². The maximum absolute atomic E-state index is 6.24. The number of para-hydroxylation sites is 1. The van der Waals surface area contributed by atoms with Crippen LogP contribution in [0.2, 0.25) is 0 Å². The molecule has 0 saturated heterocycles. The molecule has 0 atom stereocenters. The van der Waals surface area contributed by atoms with E-state index in [-0.39, 0.29) is 5.41 Å². The molecule has 0 amide bonds. The van der Waals surface area contributed by atoms with Crippen LogP contribution in [0, 0.1) is 0 Å². The Morgan fingerprint density at radius 2 is 0.897 bits per heavy atom. The molecule has 0 radical (unpaired) electrons. The average Bonchev–Trinajstić information content (AvgIpc) is 3.77. The lowest BCUT2D eigenvalue weighted by Gasteiger charge is -2.22. The molecule has 0 bridgehead atoms. The van der Waals surface area contributed by atoms with Crippen molar-refractivity contribution in [1.29, 1.82) is 0 Å². The Balaban J connectivity index is 1.12. The summed E-state index contributed by atoms with van der Waals surface area (Å²) >= 11 is 0. The first-order valence-corrected chi connectivity index (χ1v) is 19.9. The molecule has 58 heavy (non-hydrogen) atoms. The SMILES string of the molecule is CC1(C)c2ccccc2-c2ccc(-c3cc(-c4cc(-c5cccc(-c6ccccc6)c5)cc(-c5ccc6oc7ccccc7c6c5)c4)nc(-c4ccccc4)n3)cc21. The van der Waals surface area contributed by atoms with Crippen molar-refractivity contribution in [3.63, 3.8) is 0 Å². The van der Waals surface area contributed by atoms with Crippen molar-refractivity contribution in [2.24, 2.45) is 0 Å². The van der Waals surface area contributed by atoms with Crippen molar-refractivity contribution in [2.45, 2.75) is 19.3 Å². The summed E-state index contributed by atoms with van der Waals surface area (Å²) in [5.74, 6) is 0.695. The maximum atomic E-state index is 6.24. The van der Waals surface area contributed by atoms with Crippen LogP contribution in [-0.2, 0) is 5.41 Å². The van der Waals surface area contributed by atoms with E-state index in [0.717, 1.165) is 72.3 Å². The molecular weight excluding hydrogens is 705 g/mol. The second kappa shape index (κ2) is 13.4. The molecule has 11 rings (SSSR count). The average molecular weight is 743 g/mol. The molecular formula is C55H38N2O. The number of benzene rings is 8. The Labute approximate surface area is 338 Å². The highest BCUT2D eigenvalue weighted by molar-refractivity contribution is 6.06. The van der Waals surface area contributed by atoms with Gasteiger partial charge in [0.05, 0.1) is 11.4 Å². The van der Waals surface area contributed by atoms with Gasteiger partial charge in [-0.15, -0.1) is 0 Å². The van der Waals surface area contributed by atoms with Crippen LogP contribution in [0.1, 0.15) is 25.0 Å². The third-order valence-electron chi connectivity index (χ3n) is 11.9. The topological polar surface area (TPSA) is 38.9 Å². The van der Waals surface area contributed by atoms with Gasteiger partial charge in [0.1, 0.15) is 11.2 Å². The van der Waals surface area contributed by atoms with Crippen LogP contribution in [0.5, 0.6) is 0 Å². The first kappa shape index (κ1) is 33.9. The molecule has 3 heteroatoms. The third-order valence-corrected chi connectivity index (χ3v) is 11.9. The number of furan rings is 1. The van der Waals surface area contributed by atoms with Crippen LogP contribution in [-0.4, -0.2) is 9.97 Å².